The van der Waals surface area contributed by atoms with Crippen molar-refractivity contribution in [1.29, 1.82) is 0 Å². The summed E-state index contributed by atoms with van der Waals surface area (Å²) in [6.07, 6.45) is 0.858. The maximum atomic E-state index is 12.3. The molecule has 0 spiro atoms. The second-order valence-electron chi connectivity index (χ2n) is 6.71. The quantitative estimate of drug-likeness (QED) is 0.216. The number of fused-ring (bicyclic) bond motifs is 1. The Morgan fingerprint density at radius 3 is 2.45 bits per heavy atom. The van der Waals surface area contributed by atoms with Gasteiger partial charge in [-0.3, -0.25) is 14.4 Å². The Bertz CT molecular complexity index is 1230. The fraction of sp³-hybridized carbons (Fsp3) is 0.211. The molecule has 14 heteroatoms. The van der Waals surface area contributed by atoms with Crippen molar-refractivity contribution in [3.8, 4) is 0 Å². The van der Waals surface area contributed by atoms with Crippen LogP contribution in [0, 0.1) is 0 Å². The summed E-state index contributed by atoms with van der Waals surface area (Å²) < 4.78 is 0. The number of aromatic nitrogens is 4. The van der Waals surface area contributed by atoms with Crippen molar-refractivity contribution in [2.24, 2.45) is 0 Å². The first-order chi connectivity index (χ1) is 15.2. The topological polar surface area (TPSA) is 213 Å². The summed E-state index contributed by atoms with van der Waals surface area (Å²) in [5.74, 6) is -3.16. The third-order valence-corrected chi connectivity index (χ3v) is 4.36. The van der Waals surface area contributed by atoms with Gasteiger partial charge in [-0.15, -0.1) is 0 Å². The number of amides is 1. The number of nitrogens with one attached hydrogen (secondary N) is 3. The van der Waals surface area contributed by atoms with Gasteiger partial charge in [-0.25, -0.2) is 14.8 Å². The number of carbonyl (C=O) groups excluding carboxylic acids is 1. The Morgan fingerprint density at radius 1 is 1.12 bits per heavy atom. The fourth-order valence-corrected chi connectivity index (χ4v) is 2.76. The van der Waals surface area contributed by atoms with E-state index in [0.717, 1.165) is 0 Å². The minimum atomic E-state index is -1.31. The van der Waals surface area contributed by atoms with Crippen LogP contribution in [-0.4, -0.2) is 54.0 Å². The monoisotopic (exact) mass is 496 g/mol. The number of hydrogen-bond donors (Lipinski definition) is 6. The molecule has 1 amide bonds. The number of benzene rings is 1. The largest absolute Gasteiger partial charge is 0.481 e. The molecule has 13 nitrogen and oxygen atoms in total. The molecule has 2 aromatic heterocycles. The fourth-order valence-electron chi connectivity index (χ4n) is 2.76. The van der Waals surface area contributed by atoms with Crippen LogP contribution >= 0.6 is 0 Å². The molecule has 3 aromatic rings. The van der Waals surface area contributed by atoms with E-state index in [9.17, 15) is 19.2 Å². The first-order valence-electron chi connectivity index (χ1n) is 9.33. The summed E-state index contributed by atoms with van der Waals surface area (Å²) >= 11 is 0. The standard InChI is InChI=1S/C19H19N7O6.Mn/c20-19-25-15-14(17(30)26-19)23-11(8-22-15)7-21-10-3-1-9(2-4-10)16(29)24-12(18(31)32)5-6-13(27)28;/h1-4,8,12,21H,5-7H2,(H,24,29)(H,27,28)(H,31,32)(H3,20,22,25,26,30);/t12-;/m0./s1. The van der Waals surface area contributed by atoms with Crippen LogP contribution in [0.25, 0.3) is 11.2 Å². The Labute approximate surface area is 196 Å². The maximum absolute atomic E-state index is 12.3. The van der Waals surface area contributed by atoms with Gasteiger partial charge in [-0.1, -0.05) is 0 Å². The zero-order chi connectivity index (χ0) is 23.3. The Hall–Kier alpha value is -4.03. The zero-order valence-electron chi connectivity index (χ0n) is 16.9. The first-order valence-corrected chi connectivity index (χ1v) is 9.33. The number of aromatic amines is 1. The first kappa shape index (κ1) is 25.2. The summed E-state index contributed by atoms with van der Waals surface area (Å²) in [5.41, 5.74) is 6.47. The van der Waals surface area contributed by atoms with Gasteiger partial charge in [0.25, 0.3) is 5.91 Å². The molecule has 0 bridgehead atoms. The van der Waals surface area contributed by atoms with Crippen molar-refractivity contribution in [2.75, 3.05) is 11.1 Å². The van der Waals surface area contributed by atoms with Crippen LogP contribution in [0.1, 0.15) is 28.9 Å². The van der Waals surface area contributed by atoms with Gasteiger partial charge >= 0.3 is 17.5 Å². The number of nitrogen functional groups attached to an aromatic ring is 1. The van der Waals surface area contributed by atoms with E-state index in [0.29, 0.717) is 11.4 Å². The molecule has 33 heavy (non-hydrogen) atoms. The minimum Gasteiger partial charge on any atom is -0.481 e. The molecule has 1 atom stereocenters. The van der Waals surface area contributed by atoms with E-state index in [1.54, 1.807) is 12.1 Å². The molecule has 0 aliphatic rings. The molecule has 3 rings (SSSR count). The minimum absolute atomic E-state index is 0. The average Bonchev–Trinajstić information content (AvgIpc) is 2.75. The number of H-pyrrole nitrogens is 1. The second-order valence-corrected chi connectivity index (χ2v) is 6.71. The van der Waals surface area contributed by atoms with Gasteiger partial charge in [0.2, 0.25) is 5.95 Å². The van der Waals surface area contributed by atoms with Gasteiger partial charge in [0.15, 0.2) is 11.2 Å². The predicted molar refractivity (Wildman–Crippen MR) is 112 cm³/mol. The molecule has 2 heterocycles. The van der Waals surface area contributed by atoms with Crippen LogP contribution in [0.15, 0.2) is 35.3 Å². The third kappa shape index (κ3) is 6.72. The SMILES string of the molecule is Nc1nc(=O)c2nc(CNc3ccc(C(=O)N[C@@H](CCC(=O)O)C(=O)O)cc3)cnc2[nH]1.[Mn]. The smallest absolute Gasteiger partial charge is 0.326 e. The van der Waals surface area contributed by atoms with Gasteiger partial charge in [-0.05, 0) is 30.7 Å². The van der Waals surface area contributed by atoms with Crippen molar-refractivity contribution in [1.82, 2.24) is 25.3 Å². The van der Waals surface area contributed by atoms with E-state index in [1.807, 2.05) is 0 Å². The molecule has 0 fully saturated rings. The van der Waals surface area contributed by atoms with Crippen molar-refractivity contribution in [2.45, 2.75) is 25.4 Å². The molecular weight excluding hydrogens is 477 g/mol. The second kappa shape index (κ2) is 11.0. The van der Waals surface area contributed by atoms with E-state index in [2.05, 4.69) is 30.6 Å². The summed E-state index contributed by atoms with van der Waals surface area (Å²) in [6, 6.07) is 4.86. The van der Waals surface area contributed by atoms with Crippen LogP contribution in [0.4, 0.5) is 11.6 Å². The van der Waals surface area contributed by atoms with Crippen molar-refractivity contribution < 1.29 is 41.7 Å². The van der Waals surface area contributed by atoms with Gasteiger partial charge in [0.1, 0.15) is 6.04 Å². The van der Waals surface area contributed by atoms with Crippen molar-refractivity contribution in [3.63, 3.8) is 0 Å². The number of anilines is 2. The van der Waals surface area contributed by atoms with Crippen LogP contribution in [-0.2, 0) is 33.2 Å². The molecular formula is C19H19MnN7O6. The van der Waals surface area contributed by atoms with Gasteiger partial charge in [0.05, 0.1) is 18.4 Å². The van der Waals surface area contributed by atoms with E-state index < -0.39 is 29.4 Å². The van der Waals surface area contributed by atoms with Crippen LogP contribution in [0.2, 0.25) is 0 Å². The Kier molecular flexibility index (Phi) is 8.42. The van der Waals surface area contributed by atoms with Gasteiger partial charge in [0, 0.05) is 34.7 Å². The molecule has 1 radical (unpaired) electrons. The Balaban J connectivity index is 0.00000385. The molecule has 0 unspecified atom stereocenters. The number of aliphatic carboxylic acids is 2. The zero-order valence-corrected chi connectivity index (χ0v) is 18.1. The summed E-state index contributed by atoms with van der Waals surface area (Å²) in [5, 5.41) is 23.2. The van der Waals surface area contributed by atoms with E-state index in [1.165, 1.54) is 18.3 Å². The molecule has 7 N–H and O–H groups in total. The number of nitrogens with two attached hydrogens (primary N) is 1. The molecule has 1 aromatic carbocycles. The molecule has 173 valence electrons. The van der Waals surface area contributed by atoms with E-state index >= 15 is 0 Å². The molecule has 0 saturated carbocycles. The average molecular weight is 496 g/mol. The van der Waals surface area contributed by atoms with Gasteiger partial charge < -0.3 is 31.6 Å². The maximum Gasteiger partial charge on any atom is 0.326 e. The molecule has 0 aliphatic carbocycles. The summed E-state index contributed by atoms with van der Waals surface area (Å²) in [7, 11) is 0. The van der Waals surface area contributed by atoms with E-state index in [-0.39, 0.29) is 59.1 Å². The van der Waals surface area contributed by atoms with Crippen LogP contribution in [0.5, 0.6) is 0 Å². The normalized spacial score (nSPS) is 11.3. The number of rotatable bonds is 9. The number of carboxylic acid groups (broad SMARTS) is 2. The number of carbonyl (C=O) groups is 3. The number of nitrogens with zero attached hydrogens (tertiary/aromatic N) is 3. The Morgan fingerprint density at radius 2 is 1.82 bits per heavy atom. The molecule has 0 saturated heterocycles. The van der Waals surface area contributed by atoms with Gasteiger partial charge in [-0.2, -0.15) is 4.98 Å². The number of hydrogen-bond acceptors (Lipinski definition) is 9. The van der Waals surface area contributed by atoms with Crippen LogP contribution in [0.3, 0.4) is 0 Å². The van der Waals surface area contributed by atoms with Crippen molar-refractivity contribution in [3.05, 3.63) is 52.1 Å². The van der Waals surface area contributed by atoms with Crippen molar-refractivity contribution >= 4 is 40.6 Å². The number of carboxylic acids is 2. The third-order valence-electron chi connectivity index (χ3n) is 4.36. The summed E-state index contributed by atoms with van der Waals surface area (Å²) in [4.78, 5) is 60.5. The summed E-state index contributed by atoms with van der Waals surface area (Å²) in [6.45, 7) is 0.231. The van der Waals surface area contributed by atoms with Crippen LogP contribution < -0.4 is 21.9 Å². The molecule has 0 aliphatic heterocycles. The van der Waals surface area contributed by atoms with E-state index in [4.69, 9.17) is 15.9 Å². The predicted octanol–water partition coefficient (Wildman–Crippen LogP) is -0.0473.